The predicted molar refractivity (Wildman–Crippen MR) is 35.4 cm³/mol. The third kappa shape index (κ3) is 1.77. The molecule has 56 valence electrons. The number of rotatable bonds is 2. The molecule has 2 amide bonds. The molecule has 1 rings (SSSR count). The van der Waals surface area contributed by atoms with Crippen molar-refractivity contribution in [3.63, 3.8) is 0 Å². The van der Waals surface area contributed by atoms with Crippen molar-refractivity contribution in [2.24, 2.45) is 10.2 Å². The maximum atomic E-state index is 10.4. The summed E-state index contributed by atoms with van der Waals surface area (Å²) in [5.41, 5.74) is 0. The minimum atomic E-state index is -0.377. The smallest absolute Gasteiger partial charge is 0.299 e. The van der Waals surface area contributed by atoms with Gasteiger partial charge in [-0.3, -0.25) is 10.6 Å². The Labute approximate surface area is 58.9 Å². The van der Waals surface area contributed by atoms with E-state index in [-0.39, 0.29) is 12.3 Å². The van der Waals surface area contributed by atoms with Crippen molar-refractivity contribution >= 4 is 6.03 Å². The number of carbonyl (C=O) groups excluding carboxylic acids is 1. The van der Waals surface area contributed by atoms with Crippen LogP contribution >= 0.6 is 0 Å². The van der Waals surface area contributed by atoms with Crippen LogP contribution in [-0.4, -0.2) is 18.4 Å². The van der Waals surface area contributed by atoms with Crippen LogP contribution in [0, 0.1) is 0 Å². The van der Waals surface area contributed by atoms with Crippen molar-refractivity contribution in [2.75, 3.05) is 0 Å². The summed E-state index contributed by atoms with van der Waals surface area (Å²) < 4.78 is 0. The summed E-state index contributed by atoms with van der Waals surface area (Å²) in [5.74, 6) is 0. The number of hydrogen-bond acceptors (Lipinski definition) is 3. The van der Waals surface area contributed by atoms with Gasteiger partial charge in [0.2, 0.25) is 0 Å². The Kier molecular flexibility index (Phi) is 1.96. The number of urea groups is 1. The quantitative estimate of drug-likeness (QED) is 0.587. The Bertz CT molecular complexity index is 165. The van der Waals surface area contributed by atoms with Crippen molar-refractivity contribution < 1.29 is 4.79 Å². The fourth-order valence-electron chi connectivity index (χ4n) is 0.676. The average Bonchev–Trinajstić information content (AvgIpc) is 2.13. The third-order valence-corrected chi connectivity index (χ3v) is 1.02. The first kappa shape index (κ1) is 7.14. The van der Waals surface area contributed by atoms with Gasteiger partial charge in [0.25, 0.3) is 0 Å². The summed E-state index contributed by atoms with van der Waals surface area (Å²) in [7, 11) is 0. The van der Waals surface area contributed by atoms with Crippen molar-refractivity contribution in [2.45, 2.75) is 26.2 Å². The Morgan fingerprint density at radius 3 is 2.80 bits per heavy atom. The molecular formula is C5H10N4O. The first-order valence-corrected chi connectivity index (χ1v) is 3.16. The molecule has 1 heterocycles. The van der Waals surface area contributed by atoms with Gasteiger partial charge in [-0.2, -0.15) is 0 Å². The molecule has 2 N–H and O–H groups in total. The molecule has 0 saturated carbocycles. The second-order valence-corrected chi connectivity index (χ2v) is 2.39. The molecule has 0 fully saturated rings. The maximum absolute atomic E-state index is 10.4. The summed E-state index contributed by atoms with van der Waals surface area (Å²) in [4.78, 5) is 10.4. The van der Waals surface area contributed by atoms with Crippen molar-refractivity contribution in [3.05, 3.63) is 0 Å². The Hall–Kier alpha value is -0.970. The van der Waals surface area contributed by atoms with E-state index in [9.17, 15) is 4.79 Å². The van der Waals surface area contributed by atoms with E-state index >= 15 is 0 Å². The first-order chi connectivity index (χ1) is 4.68. The zero-order chi connectivity index (χ0) is 7.56. The molecule has 0 bridgehead atoms. The van der Waals surface area contributed by atoms with Crippen molar-refractivity contribution in [3.8, 4) is 0 Å². The van der Waals surface area contributed by atoms with Crippen LogP contribution in [0.5, 0.6) is 0 Å². The van der Waals surface area contributed by atoms with Gasteiger partial charge < -0.3 is 0 Å². The van der Waals surface area contributed by atoms with Crippen LogP contribution in [0.25, 0.3) is 0 Å². The van der Waals surface area contributed by atoms with Crippen LogP contribution in [0.15, 0.2) is 10.2 Å². The largest absolute Gasteiger partial charge is 0.362 e. The lowest BCUT2D eigenvalue weighted by atomic mass is 10.4. The van der Waals surface area contributed by atoms with E-state index < -0.39 is 0 Å². The summed E-state index contributed by atoms with van der Waals surface area (Å²) in [6, 6.07) is -0.0829. The van der Waals surface area contributed by atoms with E-state index in [1.807, 2.05) is 13.8 Å². The van der Waals surface area contributed by atoms with Crippen LogP contribution in [0.3, 0.4) is 0 Å². The normalized spacial score (nSPS) is 23.9. The molecule has 0 aromatic carbocycles. The summed E-state index contributed by atoms with van der Waals surface area (Å²) in [6.45, 7) is 3.94. The van der Waals surface area contributed by atoms with Gasteiger partial charge in [-0.05, 0) is 13.8 Å². The molecular weight excluding hydrogens is 132 g/mol. The highest BCUT2D eigenvalue weighted by Gasteiger charge is 2.16. The van der Waals surface area contributed by atoms with Gasteiger partial charge in [0.05, 0.1) is 0 Å². The van der Waals surface area contributed by atoms with Gasteiger partial charge in [0.15, 0.2) is 6.29 Å². The molecule has 5 nitrogen and oxygen atoms in total. The standard InChI is InChI=1S/C5H10N4O/c1-3(2)6-4-7-5(10)9-8-4/h3-4,6H,1-2H3,(H,7,10). The molecule has 5 heteroatoms. The van der Waals surface area contributed by atoms with Gasteiger partial charge in [-0.15, -0.1) is 5.11 Å². The van der Waals surface area contributed by atoms with Gasteiger partial charge in [0.1, 0.15) is 0 Å². The lowest BCUT2D eigenvalue weighted by molar-refractivity contribution is 0.248. The van der Waals surface area contributed by atoms with Crippen LogP contribution in [0.4, 0.5) is 4.79 Å². The minimum Gasteiger partial charge on any atom is -0.299 e. The molecule has 0 saturated heterocycles. The van der Waals surface area contributed by atoms with Gasteiger partial charge in [-0.25, -0.2) is 4.79 Å². The zero-order valence-corrected chi connectivity index (χ0v) is 5.96. The van der Waals surface area contributed by atoms with Crippen molar-refractivity contribution in [1.29, 1.82) is 0 Å². The molecule has 0 aromatic rings. The maximum Gasteiger partial charge on any atom is 0.362 e. The van der Waals surface area contributed by atoms with E-state index in [1.165, 1.54) is 0 Å². The SMILES string of the molecule is CC(C)NC1N=NC(=O)N1. The molecule has 0 aliphatic carbocycles. The first-order valence-electron chi connectivity index (χ1n) is 3.16. The number of azo groups is 1. The summed E-state index contributed by atoms with van der Waals surface area (Å²) in [5, 5.41) is 12.4. The summed E-state index contributed by atoms with van der Waals surface area (Å²) >= 11 is 0. The molecule has 1 atom stereocenters. The molecule has 0 radical (unpaired) electrons. The van der Waals surface area contributed by atoms with E-state index in [0.29, 0.717) is 6.04 Å². The molecule has 0 aromatic heterocycles. The lowest BCUT2D eigenvalue weighted by Gasteiger charge is -2.10. The van der Waals surface area contributed by atoms with Crippen LogP contribution < -0.4 is 10.6 Å². The predicted octanol–water partition coefficient (Wildman–Crippen LogP) is 0.443. The van der Waals surface area contributed by atoms with Crippen LogP contribution in [-0.2, 0) is 0 Å². The number of hydrogen-bond donors (Lipinski definition) is 2. The average molecular weight is 142 g/mol. The number of nitrogens with one attached hydrogen (secondary N) is 2. The zero-order valence-electron chi connectivity index (χ0n) is 5.96. The Morgan fingerprint density at radius 1 is 1.70 bits per heavy atom. The third-order valence-electron chi connectivity index (χ3n) is 1.02. The second kappa shape index (κ2) is 2.74. The van der Waals surface area contributed by atoms with Gasteiger partial charge in [-0.1, -0.05) is 5.11 Å². The highest BCUT2D eigenvalue weighted by Crippen LogP contribution is 1.95. The van der Waals surface area contributed by atoms with Gasteiger partial charge >= 0.3 is 6.03 Å². The van der Waals surface area contributed by atoms with Crippen molar-refractivity contribution in [1.82, 2.24) is 10.6 Å². The Balaban J connectivity index is 2.33. The highest BCUT2D eigenvalue weighted by atomic mass is 16.2. The molecule has 1 aliphatic heterocycles. The van der Waals surface area contributed by atoms with E-state index in [0.717, 1.165) is 0 Å². The molecule has 0 spiro atoms. The number of nitrogens with zero attached hydrogens (tertiary/aromatic N) is 2. The second-order valence-electron chi connectivity index (χ2n) is 2.39. The number of amides is 2. The van der Waals surface area contributed by atoms with E-state index in [1.54, 1.807) is 0 Å². The minimum absolute atomic E-state index is 0.294. The topological polar surface area (TPSA) is 65.8 Å². The van der Waals surface area contributed by atoms with E-state index in [4.69, 9.17) is 0 Å². The highest BCUT2D eigenvalue weighted by molar-refractivity contribution is 5.75. The fourth-order valence-corrected chi connectivity index (χ4v) is 0.676. The van der Waals surface area contributed by atoms with Crippen LogP contribution in [0.1, 0.15) is 13.8 Å². The molecule has 1 aliphatic rings. The molecule has 10 heavy (non-hydrogen) atoms. The summed E-state index contributed by atoms with van der Waals surface area (Å²) in [6.07, 6.45) is -0.326. The Morgan fingerprint density at radius 2 is 2.40 bits per heavy atom. The lowest BCUT2D eigenvalue weighted by Crippen LogP contribution is -2.42. The van der Waals surface area contributed by atoms with Crippen LogP contribution in [0.2, 0.25) is 0 Å². The molecule has 1 unspecified atom stereocenters. The number of carbonyl (C=O) groups is 1. The van der Waals surface area contributed by atoms with E-state index in [2.05, 4.69) is 20.9 Å². The monoisotopic (exact) mass is 142 g/mol. The van der Waals surface area contributed by atoms with Gasteiger partial charge in [0, 0.05) is 6.04 Å². The fraction of sp³-hybridized carbons (Fsp3) is 0.800.